The van der Waals surface area contributed by atoms with Crippen LogP contribution in [0.1, 0.15) is 10.5 Å². The average Bonchev–Trinajstić information content (AvgIpc) is 2.88. The van der Waals surface area contributed by atoms with Crippen molar-refractivity contribution in [1.82, 2.24) is 19.9 Å². The summed E-state index contributed by atoms with van der Waals surface area (Å²) >= 11 is 1.31. The molecule has 0 aliphatic heterocycles. The summed E-state index contributed by atoms with van der Waals surface area (Å²) in [5.41, 5.74) is 2.01. The molecule has 0 atom stereocenters. The fraction of sp³-hybridized carbons (Fsp3) is 0.0769. The van der Waals surface area contributed by atoms with Crippen molar-refractivity contribution in [1.29, 1.82) is 0 Å². The fourth-order valence-corrected chi connectivity index (χ4v) is 2.44. The van der Waals surface area contributed by atoms with Gasteiger partial charge in [0.05, 0.1) is 30.5 Å². The highest BCUT2D eigenvalue weighted by Crippen LogP contribution is 2.25. The van der Waals surface area contributed by atoms with Crippen molar-refractivity contribution in [3.63, 3.8) is 0 Å². The van der Waals surface area contributed by atoms with Crippen molar-refractivity contribution in [2.75, 3.05) is 7.11 Å². The van der Waals surface area contributed by atoms with Crippen LogP contribution in [0.25, 0.3) is 11.0 Å². The number of para-hydroxylation sites is 2. The van der Waals surface area contributed by atoms with E-state index in [4.69, 9.17) is 0 Å². The maximum atomic E-state index is 11.4. The number of fused-ring (bicyclic) bond motifs is 1. The molecule has 0 spiro atoms. The number of aromatic nitrogens is 4. The number of ether oxygens (including phenoxy) is 1. The third-order valence-corrected chi connectivity index (χ3v) is 3.37. The molecule has 0 aliphatic carbocycles. The van der Waals surface area contributed by atoms with Crippen molar-refractivity contribution in [3.8, 4) is 0 Å². The molecule has 3 aromatic rings. The Morgan fingerprint density at radius 3 is 2.90 bits per heavy atom. The van der Waals surface area contributed by atoms with Gasteiger partial charge in [-0.3, -0.25) is 4.98 Å². The van der Waals surface area contributed by atoms with Gasteiger partial charge in [0.2, 0.25) is 0 Å². The molecule has 6 nitrogen and oxygen atoms in total. The monoisotopic (exact) mass is 286 g/mol. The molecule has 2 aromatic heterocycles. The first kappa shape index (κ1) is 12.6. The van der Waals surface area contributed by atoms with Crippen molar-refractivity contribution >= 4 is 28.8 Å². The highest BCUT2D eigenvalue weighted by molar-refractivity contribution is 7.99. The van der Waals surface area contributed by atoms with E-state index in [2.05, 4.69) is 24.7 Å². The Hall–Kier alpha value is -2.41. The molecule has 20 heavy (non-hydrogen) atoms. The van der Waals surface area contributed by atoms with E-state index in [9.17, 15) is 4.79 Å². The number of nitrogens with zero attached hydrogens (tertiary/aromatic N) is 3. The first-order chi connectivity index (χ1) is 9.76. The van der Waals surface area contributed by atoms with Crippen LogP contribution in [-0.4, -0.2) is 33.0 Å². The lowest BCUT2D eigenvalue weighted by atomic mass is 10.3. The molecule has 7 heteroatoms. The van der Waals surface area contributed by atoms with Crippen LogP contribution < -0.4 is 0 Å². The van der Waals surface area contributed by atoms with E-state index >= 15 is 0 Å². The molecule has 1 aromatic carbocycles. The number of hydrogen-bond donors (Lipinski definition) is 1. The predicted molar refractivity (Wildman–Crippen MR) is 73.6 cm³/mol. The Morgan fingerprint density at radius 1 is 1.25 bits per heavy atom. The molecule has 3 rings (SSSR count). The molecule has 0 bridgehead atoms. The number of H-pyrrole nitrogens is 1. The maximum Gasteiger partial charge on any atom is 0.358 e. The smallest absolute Gasteiger partial charge is 0.358 e. The minimum atomic E-state index is -0.510. The number of hydrogen-bond acceptors (Lipinski definition) is 6. The predicted octanol–water partition coefficient (Wildman–Crippen LogP) is 2.29. The van der Waals surface area contributed by atoms with Crippen molar-refractivity contribution in [3.05, 3.63) is 42.4 Å². The van der Waals surface area contributed by atoms with Crippen molar-refractivity contribution in [2.24, 2.45) is 0 Å². The summed E-state index contributed by atoms with van der Waals surface area (Å²) in [6.07, 6.45) is 2.94. The second-order valence-corrected chi connectivity index (χ2v) is 4.90. The van der Waals surface area contributed by atoms with E-state index in [-0.39, 0.29) is 5.69 Å². The van der Waals surface area contributed by atoms with Gasteiger partial charge in [-0.1, -0.05) is 12.1 Å². The van der Waals surface area contributed by atoms with E-state index in [1.165, 1.54) is 25.1 Å². The summed E-state index contributed by atoms with van der Waals surface area (Å²) in [7, 11) is 1.31. The van der Waals surface area contributed by atoms with Gasteiger partial charge in [-0.25, -0.2) is 14.8 Å². The Labute approximate surface area is 118 Å². The van der Waals surface area contributed by atoms with Gasteiger partial charge in [-0.2, -0.15) is 0 Å². The van der Waals surface area contributed by atoms with Crippen LogP contribution in [-0.2, 0) is 4.74 Å². The van der Waals surface area contributed by atoms with Crippen molar-refractivity contribution in [2.45, 2.75) is 10.2 Å². The number of methoxy groups -OCH3 is 1. The summed E-state index contributed by atoms with van der Waals surface area (Å²) < 4.78 is 4.62. The molecule has 0 amide bonds. The summed E-state index contributed by atoms with van der Waals surface area (Å²) in [5, 5.41) is 1.27. The minimum Gasteiger partial charge on any atom is -0.464 e. The minimum absolute atomic E-state index is 0.175. The van der Waals surface area contributed by atoms with Gasteiger partial charge in [0.15, 0.2) is 10.9 Å². The molecule has 0 unspecified atom stereocenters. The number of carbonyl (C=O) groups is 1. The van der Waals surface area contributed by atoms with E-state index in [1.807, 2.05) is 24.3 Å². The number of esters is 1. The van der Waals surface area contributed by atoms with Crippen LogP contribution in [0.2, 0.25) is 0 Å². The zero-order valence-electron chi connectivity index (χ0n) is 10.5. The quantitative estimate of drug-likeness (QED) is 0.744. The SMILES string of the molecule is COC(=O)c1cncc(Sc2nc3ccccc3[nH]2)n1. The van der Waals surface area contributed by atoms with Crippen LogP contribution in [0, 0.1) is 0 Å². The maximum absolute atomic E-state index is 11.4. The molecular formula is C13H10N4O2S. The van der Waals surface area contributed by atoms with E-state index < -0.39 is 5.97 Å². The number of carbonyl (C=O) groups excluding carboxylic acids is 1. The Morgan fingerprint density at radius 2 is 2.10 bits per heavy atom. The molecule has 100 valence electrons. The van der Waals surface area contributed by atoms with Crippen LogP contribution in [0.3, 0.4) is 0 Å². The normalized spacial score (nSPS) is 10.7. The van der Waals surface area contributed by atoms with Gasteiger partial charge >= 0.3 is 5.97 Å². The summed E-state index contributed by atoms with van der Waals surface area (Å²) in [6.45, 7) is 0. The van der Waals surface area contributed by atoms with Crippen LogP contribution in [0.5, 0.6) is 0 Å². The number of nitrogens with one attached hydrogen (secondary N) is 1. The Kier molecular flexibility index (Phi) is 3.34. The lowest BCUT2D eigenvalue weighted by Gasteiger charge is -2.00. The third kappa shape index (κ3) is 2.48. The molecule has 0 saturated heterocycles. The standard InChI is InChI=1S/C13H10N4O2S/c1-19-12(18)10-6-14-7-11(15-10)20-13-16-8-4-2-3-5-9(8)17-13/h2-7H,1H3,(H,16,17). The first-order valence-electron chi connectivity index (χ1n) is 5.79. The lowest BCUT2D eigenvalue weighted by Crippen LogP contribution is -2.05. The van der Waals surface area contributed by atoms with Gasteiger partial charge in [0.1, 0.15) is 5.03 Å². The highest BCUT2D eigenvalue weighted by atomic mass is 32.2. The zero-order valence-corrected chi connectivity index (χ0v) is 11.3. The average molecular weight is 286 g/mol. The number of imidazole rings is 1. The molecule has 0 radical (unpaired) electrons. The summed E-state index contributed by atoms with van der Waals surface area (Å²) in [5.74, 6) is -0.510. The first-order valence-corrected chi connectivity index (χ1v) is 6.61. The van der Waals surface area contributed by atoms with E-state index in [0.717, 1.165) is 11.0 Å². The molecule has 0 fully saturated rings. The molecule has 0 saturated carbocycles. The van der Waals surface area contributed by atoms with Gasteiger partial charge in [-0.05, 0) is 23.9 Å². The zero-order chi connectivity index (χ0) is 13.9. The fourth-order valence-electron chi connectivity index (χ4n) is 1.68. The van der Waals surface area contributed by atoms with Gasteiger partial charge < -0.3 is 9.72 Å². The third-order valence-electron chi connectivity index (χ3n) is 2.58. The van der Waals surface area contributed by atoms with E-state index in [0.29, 0.717) is 10.2 Å². The Balaban J connectivity index is 1.88. The summed E-state index contributed by atoms with van der Waals surface area (Å²) in [6, 6.07) is 7.73. The second kappa shape index (κ2) is 5.30. The second-order valence-electron chi connectivity index (χ2n) is 3.90. The van der Waals surface area contributed by atoms with Gasteiger partial charge in [0.25, 0.3) is 0 Å². The number of rotatable bonds is 3. The van der Waals surface area contributed by atoms with Crippen molar-refractivity contribution < 1.29 is 9.53 Å². The van der Waals surface area contributed by atoms with Gasteiger partial charge in [-0.15, -0.1) is 0 Å². The molecule has 1 N–H and O–H groups in total. The molecule has 0 aliphatic rings. The largest absolute Gasteiger partial charge is 0.464 e. The molecular weight excluding hydrogens is 276 g/mol. The number of aromatic amines is 1. The summed E-state index contributed by atoms with van der Waals surface area (Å²) in [4.78, 5) is 27.2. The number of benzene rings is 1. The topological polar surface area (TPSA) is 80.8 Å². The van der Waals surface area contributed by atoms with Crippen LogP contribution >= 0.6 is 11.8 Å². The van der Waals surface area contributed by atoms with Gasteiger partial charge in [0, 0.05) is 0 Å². The lowest BCUT2D eigenvalue weighted by molar-refractivity contribution is 0.0592. The van der Waals surface area contributed by atoms with Crippen LogP contribution in [0.4, 0.5) is 0 Å². The Bertz CT molecular complexity index is 739. The highest BCUT2D eigenvalue weighted by Gasteiger charge is 2.11. The van der Waals surface area contributed by atoms with E-state index in [1.54, 1.807) is 6.20 Å². The molecule has 2 heterocycles. The van der Waals surface area contributed by atoms with Crippen LogP contribution in [0.15, 0.2) is 46.8 Å².